The van der Waals surface area contributed by atoms with E-state index in [1.165, 1.54) is 0 Å². The summed E-state index contributed by atoms with van der Waals surface area (Å²) < 4.78 is 4.93. The highest BCUT2D eigenvalue weighted by Crippen LogP contribution is 1.99. The predicted molar refractivity (Wildman–Crippen MR) is 54.6 cm³/mol. The van der Waals surface area contributed by atoms with Gasteiger partial charge in [-0.05, 0) is 19.1 Å². The number of allylic oxidation sites excluding steroid dienone is 3. The Labute approximate surface area is 75.4 Å². The number of ether oxygens (including phenoxy) is 1. The zero-order valence-electron chi connectivity index (χ0n) is 8.42. The molecule has 12 heavy (non-hydrogen) atoms. The molecule has 2 N–H and O–H groups in total. The lowest BCUT2D eigenvalue weighted by atomic mass is 10.3. The molecule has 0 aromatic rings. The molecule has 0 saturated heterocycles. The monoisotopic (exact) mass is 169 g/mol. The summed E-state index contributed by atoms with van der Waals surface area (Å²) in [6.07, 6.45) is 5.12. The molecular formula is C10H19NO. The Hall–Kier alpha value is -1.18. The summed E-state index contributed by atoms with van der Waals surface area (Å²) in [5.74, 6) is 0.748. The van der Waals surface area contributed by atoms with Crippen molar-refractivity contribution in [1.29, 1.82) is 0 Å². The summed E-state index contributed by atoms with van der Waals surface area (Å²) in [5.41, 5.74) is 6.05. The van der Waals surface area contributed by atoms with Crippen LogP contribution in [0.1, 0.15) is 20.8 Å². The smallest absolute Gasteiger partial charge is 0.116 e. The minimum atomic E-state index is 0.606. The topological polar surface area (TPSA) is 35.2 Å². The Bertz CT molecular complexity index is 169. The van der Waals surface area contributed by atoms with Crippen molar-refractivity contribution in [1.82, 2.24) is 0 Å². The zero-order chi connectivity index (χ0) is 9.98. The molecule has 2 nitrogen and oxygen atoms in total. The molecule has 0 rings (SSSR count). The molecule has 0 aliphatic carbocycles. The summed E-state index contributed by atoms with van der Waals surface area (Å²) >= 11 is 0. The van der Waals surface area contributed by atoms with E-state index in [2.05, 4.69) is 6.58 Å². The van der Waals surface area contributed by atoms with E-state index >= 15 is 0 Å². The number of rotatable bonds is 3. The average molecular weight is 169 g/mol. The molecule has 2 heteroatoms. The van der Waals surface area contributed by atoms with E-state index in [0.717, 1.165) is 5.76 Å². The van der Waals surface area contributed by atoms with Crippen molar-refractivity contribution in [3.05, 3.63) is 36.3 Å². The minimum absolute atomic E-state index is 0.606. The van der Waals surface area contributed by atoms with Crippen LogP contribution in [0.4, 0.5) is 0 Å². The van der Waals surface area contributed by atoms with E-state index in [-0.39, 0.29) is 0 Å². The van der Waals surface area contributed by atoms with Crippen LogP contribution in [0.5, 0.6) is 0 Å². The second kappa shape index (κ2) is 9.82. The minimum Gasteiger partial charge on any atom is -0.497 e. The Morgan fingerprint density at radius 2 is 1.92 bits per heavy atom. The first-order chi connectivity index (χ1) is 5.74. The Balaban J connectivity index is 0. The highest BCUT2D eigenvalue weighted by atomic mass is 16.5. The lowest BCUT2D eigenvalue weighted by Gasteiger charge is -1.98. The standard InChI is InChI=1S/C8H13NO.C2H6/c1-4-7(9)6-8(5-2)10-3;1-2/h4-6H,1,9H2,2-3H3;1-2H3/b7-6+,8-5+;. The molecule has 0 aromatic heterocycles. The van der Waals surface area contributed by atoms with Crippen LogP contribution in [-0.4, -0.2) is 7.11 Å². The van der Waals surface area contributed by atoms with E-state index < -0.39 is 0 Å². The van der Waals surface area contributed by atoms with Crippen molar-refractivity contribution in [2.45, 2.75) is 20.8 Å². The van der Waals surface area contributed by atoms with Gasteiger partial charge >= 0.3 is 0 Å². The van der Waals surface area contributed by atoms with Gasteiger partial charge < -0.3 is 10.5 Å². The van der Waals surface area contributed by atoms with Gasteiger partial charge in [-0.3, -0.25) is 0 Å². The zero-order valence-corrected chi connectivity index (χ0v) is 8.42. The first kappa shape index (κ1) is 13.4. The summed E-state index contributed by atoms with van der Waals surface area (Å²) in [4.78, 5) is 0. The maximum atomic E-state index is 5.45. The number of methoxy groups -OCH3 is 1. The molecule has 0 bridgehead atoms. The fourth-order valence-corrected chi connectivity index (χ4v) is 0.483. The summed E-state index contributed by atoms with van der Waals surface area (Å²) in [6.45, 7) is 9.39. The second-order valence-corrected chi connectivity index (χ2v) is 1.74. The second-order valence-electron chi connectivity index (χ2n) is 1.74. The van der Waals surface area contributed by atoms with Gasteiger partial charge in [0.25, 0.3) is 0 Å². The number of hydrogen-bond acceptors (Lipinski definition) is 2. The highest BCUT2D eigenvalue weighted by molar-refractivity contribution is 5.22. The molecule has 0 fully saturated rings. The van der Waals surface area contributed by atoms with E-state index in [1.54, 1.807) is 19.3 Å². The van der Waals surface area contributed by atoms with Gasteiger partial charge in [0.05, 0.1) is 7.11 Å². The Morgan fingerprint density at radius 3 is 2.17 bits per heavy atom. The Morgan fingerprint density at radius 1 is 1.42 bits per heavy atom. The molecule has 0 heterocycles. The van der Waals surface area contributed by atoms with Crippen LogP contribution >= 0.6 is 0 Å². The largest absolute Gasteiger partial charge is 0.497 e. The van der Waals surface area contributed by atoms with Gasteiger partial charge in [0.15, 0.2) is 0 Å². The van der Waals surface area contributed by atoms with Crippen molar-refractivity contribution in [3.8, 4) is 0 Å². The molecule has 0 aliphatic heterocycles. The van der Waals surface area contributed by atoms with Gasteiger partial charge in [0.2, 0.25) is 0 Å². The van der Waals surface area contributed by atoms with Crippen molar-refractivity contribution in [2.24, 2.45) is 5.73 Å². The van der Waals surface area contributed by atoms with Gasteiger partial charge in [0.1, 0.15) is 5.76 Å². The Kier molecular flexibility index (Phi) is 11.0. The molecule has 0 aromatic carbocycles. The highest BCUT2D eigenvalue weighted by Gasteiger charge is 1.86. The number of nitrogens with two attached hydrogens (primary N) is 1. The van der Waals surface area contributed by atoms with E-state index in [1.807, 2.05) is 26.8 Å². The molecule has 0 atom stereocenters. The van der Waals surface area contributed by atoms with E-state index in [0.29, 0.717) is 5.70 Å². The van der Waals surface area contributed by atoms with Gasteiger partial charge in [-0.1, -0.05) is 20.4 Å². The van der Waals surface area contributed by atoms with Crippen LogP contribution in [-0.2, 0) is 4.74 Å². The van der Waals surface area contributed by atoms with Crippen LogP contribution in [0, 0.1) is 0 Å². The first-order valence-corrected chi connectivity index (χ1v) is 4.04. The summed E-state index contributed by atoms with van der Waals surface area (Å²) in [7, 11) is 1.60. The van der Waals surface area contributed by atoms with Crippen molar-refractivity contribution >= 4 is 0 Å². The molecule has 0 radical (unpaired) electrons. The van der Waals surface area contributed by atoms with Crippen molar-refractivity contribution in [3.63, 3.8) is 0 Å². The predicted octanol–water partition coefficient (Wildman–Crippen LogP) is 2.59. The van der Waals surface area contributed by atoms with Gasteiger partial charge in [0, 0.05) is 11.8 Å². The van der Waals surface area contributed by atoms with Gasteiger partial charge in [-0.15, -0.1) is 0 Å². The third kappa shape index (κ3) is 6.93. The maximum Gasteiger partial charge on any atom is 0.116 e. The summed E-state index contributed by atoms with van der Waals surface area (Å²) in [6, 6.07) is 0. The quantitative estimate of drug-likeness (QED) is 0.520. The van der Waals surface area contributed by atoms with E-state index in [9.17, 15) is 0 Å². The van der Waals surface area contributed by atoms with Crippen LogP contribution in [0.25, 0.3) is 0 Å². The van der Waals surface area contributed by atoms with Crippen LogP contribution < -0.4 is 5.73 Å². The van der Waals surface area contributed by atoms with Crippen molar-refractivity contribution in [2.75, 3.05) is 7.11 Å². The third-order valence-corrected chi connectivity index (χ3v) is 1.06. The molecule has 0 aliphatic rings. The molecule has 0 saturated carbocycles. The van der Waals surface area contributed by atoms with Crippen LogP contribution in [0.2, 0.25) is 0 Å². The average Bonchev–Trinajstić information content (AvgIpc) is 2.16. The molecule has 0 amide bonds. The summed E-state index contributed by atoms with van der Waals surface area (Å²) in [5, 5.41) is 0. The van der Waals surface area contributed by atoms with E-state index in [4.69, 9.17) is 10.5 Å². The SMILES string of the molecule is C=C/C(N)=C\C(=C/C)OC.CC. The third-order valence-electron chi connectivity index (χ3n) is 1.06. The fraction of sp³-hybridized carbons (Fsp3) is 0.400. The normalized spacial score (nSPS) is 11.3. The molecule has 70 valence electrons. The van der Waals surface area contributed by atoms with Crippen LogP contribution in [0.15, 0.2) is 36.3 Å². The molecule has 0 spiro atoms. The van der Waals surface area contributed by atoms with Gasteiger partial charge in [-0.25, -0.2) is 0 Å². The van der Waals surface area contributed by atoms with Crippen molar-refractivity contribution < 1.29 is 4.74 Å². The molecule has 0 unspecified atom stereocenters. The van der Waals surface area contributed by atoms with Gasteiger partial charge in [-0.2, -0.15) is 0 Å². The fourth-order valence-electron chi connectivity index (χ4n) is 0.483. The lowest BCUT2D eigenvalue weighted by Crippen LogP contribution is -1.93. The number of hydrogen-bond donors (Lipinski definition) is 1. The van der Waals surface area contributed by atoms with Crippen LogP contribution in [0.3, 0.4) is 0 Å². The molecular weight excluding hydrogens is 150 g/mol. The lowest BCUT2D eigenvalue weighted by molar-refractivity contribution is 0.306. The maximum absolute atomic E-state index is 5.45. The first-order valence-electron chi connectivity index (χ1n) is 4.04.